The summed E-state index contributed by atoms with van der Waals surface area (Å²) >= 11 is 0. The lowest BCUT2D eigenvalue weighted by atomic mass is 9.97. The molecule has 0 radical (unpaired) electrons. The van der Waals surface area contributed by atoms with E-state index in [0.717, 1.165) is 24.0 Å². The van der Waals surface area contributed by atoms with E-state index < -0.39 is 0 Å². The third kappa shape index (κ3) is 4.59. The predicted molar refractivity (Wildman–Crippen MR) is 73.6 cm³/mol. The van der Waals surface area contributed by atoms with Crippen molar-refractivity contribution in [1.82, 2.24) is 9.97 Å². The van der Waals surface area contributed by atoms with Crippen LogP contribution in [0.2, 0.25) is 0 Å². The van der Waals surface area contributed by atoms with Gasteiger partial charge in [0.15, 0.2) is 0 Å². The topological polar surface area (TPSA) is 49.8 Å². The van der Waals surface area contributed by atoms with Gasteiger partial charge in [0, 0.05) is 25.6 Å². The van der Waals surface area contributed by atoms with Crippen LogP contribution >= 0.6 is 0 Å². The van der Waals surface area contributed by atoms with Gasteiger partial charge in [0.1, 0.15) is 17.5 Å². The molecular formula is C13H24N4. The highest BCUT2D eigenvalue weighted by atomic mass is 15.1. The highest BCUT2D eigenvalue weighted by Gasteiger charge is 2.12. The zero-order valence-corrected chi connectivity index (χ0v) is 11.8. The number of nitrogens with zero attached hydrogens (tertiary/aromatic N) is 2. The average Bonchev–Trinajstić information content (AvgIpc) is 2.25. The second-order valence-electron chi connectivity index (χ2n) is 5.82. The number of aromatic nitrogens is 2. The Morgan fingerprint density at radius 1 is 1.18 bits per heavy atom. The maximum absolute atomic E-state index is 4.52. The Balaban J connectivity index is 2.87. The summed E-state index contributed by atoms with van der Waals surface area (Å²) in [5.41, 5.74) is 0.239. The molecule has 1 heterocycles. The Hall–Kier alpha value is -1.32. The molecule has 0 unspecified atom stereocenters. The molecular weight excluding hydrogens is 212 g/mol. The molecule has 0 saturated heterocycles. The molecule has 0 aliphatic heterocycles. The molecule has 4 nitrogen and oxygen atoms in total. The van der Waals surface area contributed by atoms with Gasteiger partial charge in [-0.3, -0.25) is 0 Å². The van der Waals surface area contributed by atoms with E-state index in [1.165, 1.54) is 0 Å². The van der Waals surface area contributed by atoms with Gasteiger partial charge in [-0.15, -0.1) is 0 Å². The molecule has 0 bridgehead atoms. The van der Waals surface area contributed by atoms with Gasteiger partial charge in [0.2, 0.25) is 0 Å². The lowest BCUT2D eigenvalue weighted by molar-refractivity contribution is 0.442. The predicted octanol–water partition coefficient (Wildman–Crippen LogP) is 3.10. The summed E-state index contributed by atoms with van der Waals surface area (Å²) < 4.78 is 0. The van der Waals surface area contributed by atoms with Crippen molar-refractivity contribution in [3.8, 4) is 0 Å². The molecule has 0 atom stereocenters. The lowest BCUT2D eigenvalue weighted by Crippen LogP contribution is -2.20. The van der Waals surface area contributed by atoms with Crippen LogP contribution in [0.1, 0.15) is 46.4 Å². The summed E-state index contributed by atoms with van der Waals surface area (Å²) in [6.45, 7) is 11.7. The maximum atomic E-state index is 4.52. The first-order chi connectivity index (χ1) is 7.81. The fourth-order valence-electron chi connectivity index (χ4n) is 1.30. The Labute approximate surface area is 104 Å². The van der Waals surface area contributed by atoms with Crippen LogP contribution in [0.15, 0.2) is 6.07 Å². The molecule has 0 aliphatic carbocycles. The van der Waals surface area contributed by atoms with Crippen LogP contribution in [0.3, 0.4) is 0 Å². The molecule has 0 amide bonds. The van der Waals surface area contributed by atoms with Crippen LogP contribution < -0.4 is 10.6 Å². The zero-order chi connectivity index (χ0) is 13.1. The highest BCUT2D eigenvalue weighted by Crippen LogP contribution is 2.19. The third-order valence-electron chi connectivity index (χ3n) is 2.32. The number of anilines is 2. The summed E-state index contributed by atoms with van der Waals surface area (Å²) in [7, 11) is 1.87. The number of hydrogen-bond donors (Lipinski definition) is 2. The zero-order valence-electron chi connectivity index (χ0n) is 11.8. The minimum Gasteiger partial charge on any atom is -0.373 e. The molecule has 0 aromatic carbocycles. The third-order valence-corrected chi connectivity index (χ3v) is 2.32. The SMILES string of the molecule is CNc1cc(NCC(C)(C)C)nc(C(C)C)n1. The first-order valence-corrected chi connectivity index (χ1v) is 6.12. The van der Waals surface area contributed by atoms with Crippen molar-refractivity contribution in [2.24, 2.45) is 5.41 Å². The summed E-state index contributed by atoms with van der Waals surface area (Å²) in [6, 6.07) is 1.94. The minimum atomic E-state index is 0.239. The van der Waals surface area contributed by atoms with E-state index in [4.69, 9.17) is 0 Å². The number of nitrogens with one attached hydrogen (secondary N) is 2. The van der Waals surface area contributed by atoms with Crippen molar-refractivity contribution >= 4 is 11.6 Å². The summed E-state index contributed by atoms with van der Waals surface area (Å²) in [5, 5.41) is 6.43. The van der Waals surface area contributed by atoms with Crippen molar-refractivity contribution in [2.45, 2.75) is 40.5 Å². The fourth-order valence-corrected chi connectivity index (χ4v) is 1.30. The van der Waals surface area contributed by atoms with Crippen LogP contribution in [0.25, 0.3) is 0 Å². The second-order valence-corrected chi connectivity index (χ2v) is 5.82. The molecule has 0 fully saturated rings. The van der Waals surface area contributed by atoms with Gasteiger partial charge in [-0.25, -0.2) is 9.97 Å². The Morgan fingerprint density at radius 2 is 1.76 bits per heavy atom. The van der Waals surface area contributed by atoms with E-state index in [0.29, 0.717) is 5.92 Å². The van der Waals surface area contributed by atoms with Crippen LogP contribution in [0, 0.1) is 5.41 Å². The van der Waals surface area contributed by atoms with Crippen LogP contribution in [0.5, 0.6) is 0 Å². The van der Waals surface area contributed by atoms with Crippen molar-refractivity contribution in [3.05, 3.63) is 11.9 Å². The largest absolute Gasteiger partial charge is 0.373 e. The molecule has 1 aromatic rings. The molecule has 0 aliphatic rings. The standard InChI is InChI=1S/C13H24N4/c1-9(2)12-16-10(14-6)7-11(17-12)15-8-13(3,4)5/h7,9H,8H2,1-6H3,(H2,14,15,16,17). The van der Waals surface area contributed by atoms with Crippen LogP contribution in [-0.2, 0) is 0 Å². The highest BCUT2D eigenvalue weighted by molar-refractivity contribution is 5.47. The van der Waals surface area contributed by atoms with Gasteiger partial charge >= 0.3 is 0 Å². The van der Waals surface area contributed by atoms with Crippen molar-refractivity contribution < 1.29 is 0 Å². The maximum Gasteiger partial charge on any atom is 0.135 e. The van der Waals surface area contributed by atoms with Crippen LogP contribution in [-0.4, -0.2) is 23.6 Å². The summed E-state index contributed by atoms with van der Waals surface area (Å²) in [5.74, 6) is 2.95. The van der Waals surface area contributed by atoms with Crippen molar-refractivity contribution in [1.29, 1.82) is 0 Å². The Kier molecular flexibility index (Phi) is 4.32. The van der Waals surface area contributed by atoms with Gasteiger partial charge in [0.05, 0.1) is 0 Å². The van der Waals surface area contributed by atoms with E-state index >= 15 is 0 Å². The second kappa shape index (κ2) is 5.34. The van der Waals surface area contributed by atoms with E-state index in [2.05, 4.69) is 55.2 Å². The molecule has 4 heteroatoms. The van der Waals surface area contributed by atoms with Gasteiger partial charge in [-0.1, -0.05) is 34.6 Å². The summed E-state index contributed by atoms with van der Waals surface area (Å²) in [6.07, 6.45) is 0. The van der Waals surface area contributed by atoms with Gasteiger partial charge < -0.3 is 10.6 Å². The summed E-state index contributed by atoms with van der Waals surface area (Å²) in [4.78, 5) is 8.96. The molecule has 1 aromatic heterocycles. The Morgan fingerprint density at radius 3 is 2.24 bits per heavy atom. The van der Waals surface area contributed by atoms with E-state index in [-0.39, 0.29) is 5.41 Å². The number of hydrogen-bond acceptors (Lipinski definition) is 4. The monoisotopic (exact) mass is 236 g/mol. The minimum absolute atomic E-state index is 0.239. The molecule has 0 saturated carbocycles. The van der Waals surface area contributed by atoms with Crippen LogP contribution in [0.4, 0.5) is 11.6 Å². The van der Waals surface area contributed by atoms with E-state index in [9.17, 15) is 0 Å². The lowest BCUT2D eigenvalue weighted by Gasteiger charge is -2.20. The van der Waals surface area contributed by atoms with Crippen molar-refractivity contribution in [2.75, 3.05) is 24.2 Å². The van der Waals surface area contributed by atoms with Gasteiger partial charge in [-0.05, 0) is 5.41 Å². The first kappa shape index (κ1) is 13.7. The fraction of sp³-hybridized carbons (Fsp3) is 0.692. The molecule has 96 valence electrons. The average molecular weight is 236 g/mol. The molecule has 0 spiro atoms. The first-order valence-electron chi connectivity index (χ1n) is 6.12. The van der Waals surface area contributed by atoms with Gasteiger partial charge in [0.25, 0.3) is 0 Å². The number of rotatable bonds is 4. The quantitative estimate of drug-likeness (QED) is 0.843. The Bertz CT molecular complexity index is 366. The van der Waals surface area contributed by atoms with E-state index in [1.807, 2.05) is 13.1 Å². The molecule has 17 heavy (non-hydrogen) atoms. The molecule has 2 N–H and O–H groups in total. The van der Waals surface area contributed by atoms with Gasteiger partial charge in [-0.2, -0.15) is 0 Å². The molecule has 1 rings (SSSR count). The van der Waals surface area contributed by atoms with E-state index in [1.54, 1.807) is 0 Å². The smallest absolute Gasteiger partial charge is 0.135 e. The normalized spacial score (nSPS) is 11.7. The van der Waals surface area contributed by atoms with Crippen molar-refractivity contribution in [3.63, 3.8) is 0 Å².